The molecular formula is C21H26N4O3. The molecule has 3 aromatic rings. The third-order valence-corrected chi connectivity index (χ3v) is 4.54. The number of benzene rings is 1. The first-order chi connectivity index (χ1) is 13.4. The van der Waals surface area contributed by atoms with Crippen molar-refractivity contribution in [2.24, 2.45) is 0 Å². The zero-order valence-electron chi connectivity index (χ0n) is 16.7. The van der Waals surface area contributed by atoms with Crippen LogP contribution in [0, 0.1) is 6.92 Å². The summed E-state index contributed by atoms with van der Waals surface area (Å²) in [5.74, 6) is 1.06. The van der Waals surface area contributed by atoms with Gasteiger partial charge in [0.1, 0.15) is 5.76 Å². The summed E-state index contributed by atoms with van der Waals surface area (Å²) in [7, 11) is 0. The zero-order chi connectivity index (χ0) is 20.3. The van der Waals surface area contributed by atoms with E-state index >= 15 is 0 Å². The second-order valence-corrected chi connectivity index (χ2v) is 7.10. The molecule has 2 heterocycles. The number of oxazole rings is 1. The molecule has 0 aliphatic carbocycles. The van der Waals surface area contributed by atoms with E-state index in [1.165, 1.54) is 16.4 Å². The van der Waals surface area contributed by atoms with Crippen molar-refractivity contribution in [2.45, 2.75) is 53.0 Å². The van der Waals surface area contributed by atoms with Gasteiger partial charge in [0.2, 0.25) is 0 Å². The van der Waals surface area contributed by atoms with Gasteiger partial charge in [-0.05, 0) is 37.0 Å². The SMILES string of the molecule is CCCc1nc(C)c(CNC(=O)c2nn(-c3ccc(C(C)C)cc3)cc2O)o1. The maximum absolute atomic E-state index is 12.5. The van der Waals surface area contributed by atoms with Crippen molar-refractivity contribution in [3.05, 3.63) is 59.1 Å². The van der Waals surface area contributed by atoms with Crippen molar-refractivity contribution >= 4 is 5.91 Å². The third-order valence-electron chi connectivity index (χ3n) is 4.54. The molecule has 0 spiro atoms. The molecule has 7 heteroatoms. The maximum atomic E-state index is 12.5. The molecule has 7 nitrogen and oxygen atoms in total. The van der Waals surface area contributed by atoms with Crippen LogP contribution in [0.2, 0.25) is 0 Å². The number of hydrogen-bond donors (Lipinski definition) is 2. The Hall–Kier alpha value is -3.09. The summed E-state index contributed by atoms with van der Waals surface area (Å²) >= 11 is 0. The quantitative estimate of drug-likeness (QED) is 0.647. The number of carbonyl (C=O) groups is 1. The molecule has 0 radical (unpaired) electrons. The Morgan fingerprint density at radius 3 is 2.64 bits per heavy atom. The number of rotatable bonds is 7. The summed E-state index contributed by atoms with van der Waals surface area (Å²) < 4.78 is 7.16. The average molecular weight is 382 g/mol. The van der Waals surface area contributed by atoms with Crippen LogP contribution < -0.4 is 5.32 Å². The molecule has 0 atom stereocenters. The fraction of sp³-hybridized carbons (Fsp3) is 0.381. The second-order valence-electron chi connectivity index (χ2n) is 7.10. The molecular weight excluding hydrogens is 356 g/mol. The maximum Gasteiger partial charge on any atom is 0.276 e. The molecule has 2 N–H and O–H groups in total. The Labute approximate surface area is 164 Å². The lowest BCUT2D eigenvalue weighted by atomic mass is 10.0. The van der Waals surface area contributed by atoms with E-state index in [-0.39, 0.29) is 18.0 Å². The normalized spacial score (nSPS) is 11.2. The van der Waals surface area contributed by atoms with Crippen molar-refractivity contribution in [3.63, 3.8) is 0 Å². The van der Waals surface area contributed by atoms with Gasteiger partial charge in [-0.25, -0.2) is 9.67 Å². The van der Waals surface area contributed by atoms with Gasteiger partial charge >= 0.3 is 0 Å². The molecule has 28 heavy (non-hydrogen) atoms. The second kappa shape index (κ2) is 8.29. The van der Waals surface area contributed by atoms with Gasteiger partial charge in [-0.15, -0.1) is 0 Å². The van der Waals surface area contributed by atoms with E-state index in [1.807, 2.05) is 31.2 Å². The predicted molar refractivity (Wildman–Crippen MR) is 106 cm³/mol. The van der Waals surface area contributed by atoms with Gasteiger partial charge in [0.25, 0.3) is 5.91 Å². The minimum absolute atomic E-state index is 0.0288. The number of aromatic hydroxyl groups is 1. The molecule has 1 amide bonds. The molecule has 0 bridgehead atoms. The minimum Gasteiger partial charge on any atom is -0.504 e. The van der Waals surface area contributed by atoms with Crippen LogP contribution >= 0.6 is 0 Å². The van der Waals surface area contributed by atoms with Crippen molar-refractivity contribution in [1.29, 1.82) is 0 Å². The van der Waals surface area contributed by atoms with Crippen LogP contribution in [0.25, 0.3) is 5.69 Å². The van der Waals surface area contributed by atoms with Gasteiger partial charge in [0.15, 0.2) is 17.3 Å². The number of carbonyl (C=O) groups excluding carboxylic acids is 1. The Kier molecular flexibility index (Phi) is 5.82. The number of aromatic nitrogens is 3. The monoisotopic (exact) mass is 382 g/mol. The van der Waals surface area contributed by atoms with E-state index in [2.05, 4.69) is 36.2 Å². The fourth-order valence-corrected chi connectivity index (χ4v) is 2.89. The van der Waals surface area contributed by atoms with Crippen molar-refractivity contribution in [1.82, 2.24) is 20.1 Å². The topological polar surface area (TPSA) is 93.2 Å². The van der Waals surface area contributed by atoms with Crippen molar-refractivity contribution in [2.75, 3.05) is 0 Å². The van der Waals surface area contributed by atoms with Gasteiger partial charge in [-0.1, -0.05) is 32.9 Å². The van der Waals surface area contributed by atoms with Crippen LogP contribution in [0.4, 0.5) is 0 Å². The first-order valence-corrected chi connectivity index (χ1v) is 9.51. The molecule has 3 rings (SSSR count). The summed E-state index contributed by atoms with van der Waals surface area (Å²) in [4.78, 5) is 16.8. The van der Waals surface area contributed by atoms with Crippen LogP contribution in [-0.2, 0) is 13.0 Å². The van der Waals surface area contributed by atoms with E-state index in [9.17, 15) is 9.90 Å². The van der Waals surface area contributed by atoms with E-state index in [4.69, 9.17) is 4.42 Å². The Morgan fingerprint density at radius 1 is 1.29 bits per heavy atom. The van der Waals surface area contributed by atoms with Crippen LogP contribution in [0.3, 0.4) is 0 Å². The summed E-state index contributed by atoms with van der Waals surface area (Å²) in [6.07, 6.45) is 3.13. The highest BCUT2D eigenvalue weighted by molar-refractivity contribution is 5.94. The Bertz CT molecular complexity index is 955. The van der Waals surface area contributed by atoms with Gasteiger partial charge in [-0.2, -0.15) is 5.10 Å². The van der Waals surface area contributed by atoms with Crippen molar-refractivity contribution in [3.8, 4) is 11.4 Å². The molecule has 0 aliphatic heterocycles. The minimum atomic E-state index is -0.470. The number of amides is 1. The number of hydrogen-bond acceptors (Lipinski definition) is 5. The van der Waals surface area contributed by atoms with E-state index in [1.54, 1.807) is 0 Å². The van der Waals surface area contributed by atoms with E-state index in [0.717, 1.165) is 24.2 Å². The molecule has 0 aliphatic rings. The molecule has 2 aromatic heterocycles. The van der Waals surface area contributed by atoms with Gasteiger partial charge in [0, 0.05) is 6.42 Å². The van der Waals surface area contributed by atoms with Crippen LogP contribution in [0.15, 0.2) is 34.9 Å². The van der Waals surface area contributed by atoms with Crippen LogP contribution in [0.5, 0.6) is 5.75 Å². The molecule has 0 saturated carbocycles. The van der Waals surface area contributed by atoms with Gasteiger partial charge < -0.3 is 14.8 Å². The van der Waals surface area contributed by atoms with Crippen LogP contribution in [0.1, 0.15) is 66.5 Å². The van der Waals surface area contributed by atoms with Crippen LogP contribution in [-0.4, -0.2) is 25.8 Å². The summed E-state index contributed by atoms with van der Waals surface area (Å²) in [5.41, 5.74) is 2.71. The lowest BCUT2D eigenvalue weighted by Gasteiger charge is -2.06. The molecule has 1 aromatic carbocycles. The number of aryl methyl sites for hydroxylation is 2. The number of nitrogens with one attached hydrogen (secondary N) is 1. The fourth-order valence-electron chi connectivity index (χ4n) is 2.89. The molecule has 148 valence electrons. The van der Waals surface area contributed by atoms with Gasteiger partial charge in [0.05, 0.1) is 24.1 Å². The average Bonchev–Trinajstić information content (AvgIpc) is 3.22. The zero-order valence-corrected chi connectivity index (χ0v) is 16.7. The molecule has 0 fully saturated rings. The summed E-state index contributed by atoms with van der Waals surface area (Å²) in [6.45, 7) is 8.34. The molecule has 0 saturated heterocycles. The third kappa shape index (κ3) is 4.24. The summed E-state index contributed by atoms with van der Waals surface area (Å²) in [5, 5.41) is 17.1. The molecule has 0 unspecified atom stereocenters. The highest BCUT2D eigenvalue weighted by Gasteiger charge is 2.18. The predicted octanol–water partition coefficient (Wildman–Crippen LogP) is 3.88. The van der Waals surface area contributed by atoms with E-state index in [0.29, 0.717) is 17.6 Å². The smallest absolute Gasteiger partial charge is 0.276 e. The standard InChI is InChI=1S/C21H26N4O3/c1-5-6-19-23-14(4)18(28-19)11-22-21(27)20-17(26)12-25(24-20)16-9-7-15(8-10-16)13(2)3/h7-10,12-13,26H,5-6,11H2,1-4H3,(H,22,27). The highest BCUT2D eigenvalue weighted by Crippen LogP contribution is 2.21. The van der Waals surface area contributed by atoms with Gasteiger partial charge in [-0.3, -0.25) is 4.79 Å². The first-order valence-electron chi connectivity index (χ1n) is 9.51. The number of nitrogens with zero attached hydrogens (tertiary/aromatic N) is 3. The van der Waals surface area contributed by atoms with E-state index < -0.39 is 5.91 Å². The largest absolute Gasteiger partial charge is 0.504 e. The van der Waals surface area contributed by atoms with Crippen molar-refractivity contribution < 1.29 is 14.3 Å². The Balaban J connectivity index is 1.71. The highest BCUT2D eigenvalue weighted by atomic mass is 16.4. The lowest BCUT2D eigenvalue weighted by Crippen LogP contribution is -2.23. The lowest BCUT2D eigenvalue weighted by molar-refractivity contribution is 0.0939. The first kappa shape index (κ1) is 19.7. The summed E-state index contributed by atoms with van der Waals surface area (Å²) in [6, 6.07) is 7.85. The Morgan fingerprint density at radius 2 is 2.00 bits per heavy atom.